The van der Waals surface area contributed by atoms with Gasteiger partial charge in [0, 0.05) is 30.1 Å². The Morgan fingerprint density at radius 2 is 1.51 bits per heavy atom. The smallest absolute Gasteiger partial charge is 0.339 e. The molecular formula is C27H26N2O7S. The van der Waals surface area contributed by atoms with Crippen molar-refractivity contribution >= 4 is 26.9 Å². The van der Waals surface area contributed by atoms with Crippen molar-refractivity contribution in [1.29, 1.82) is 0 Å². The second-order valence-electron chi connectivity index (χ2n) is 8.16. The van der Waals surface area contributed by atoms with E-state index in [0.29, 0.717) is 28.0 Å². The minimum absolute atomic E-state index is 0.0257. The largest absolute Gasteiger partial charge is 0.493 e. The summed E-state index contributed by atoms with van der Waals surface area (Å²) in [6, 6.07) is 19.8. The van der Waals surface area contributed by atoms with Crippen LogP contribution in [-0.4, -0.2) is 45.0 Å². The Morgan fingerprint density at radius 1 is 0.865 bits per heavy atom. The normalized spacial score (nSPS) is 11.5. The van der Waals surface area contributed by atoms with Crippen molar-refractivity contribution in [2.75, 3.05) is 21.3 Å². The maximum Gasteiger partial charge on any atom is 0.339 e. The molecule has 1 heterocycles. The maximum absolute atomic E-state index is 13.9. The quantitative estimate of drug-likeness (QED) is 0.333. The summed E-state index contributed by atoms with van der Waals surface area (Å²) in [6.07, 6.45) is 0. The lowest BCUT2D eigenvalue weighted by atomic mass is 10.1. The molecule has 0 fully saturated rings. The standard InChI is InChI=1S/C27H26N2O7S/c1-34-23-14-19-13-20(26(30)28-22(19)15-24(23)35-2)17-29(16-18-9-5-4-6-10-18)37(32,33)25-12-8-7-11-21(25)27(31)36-3/h4-15H,16-17H2,1-3H3,(H,28,30). The zero-order valence-corrected chi connectivity index (χ0v) is 21.4. The SMILES string of the molecule is COC(=O)c1ccccc1S(=O)(=O)N(Cc1ccccc1)Cc1cc2cc(OC)c(OC)cc2[nH]c1=O. The van der Waals surface area contributed by atoms with E-state index in [9.17, 15) is 18.0 Å². The third-order valence-corrected chi connectivity index (χ3v) is 7.73. The molecule has 0 atom stereocenters. The molecule has 10 heteroatoms. The van der Waals surface area contributed by atoms with Crippen molar-refractivity contribution < 1.29 is 27.4 Å². The Morgan fingerprint density at radius 3 is 2.19 bits per heavy atom. The number of nitrogens with zero attached hydrogens (tertiary/aromatic N) is 1. The van der Waals surface area contributed by atoms with Crippen LogP contribution in [0.25, 0.3) is 10.9 Å². The molecular weight excluding hydrogens is 496 g/mol. The number of H-pyrrole nitrogens is 1. The van der Waals surface area contributed by atoms with Gasteiger partial charge in [-0.1, -0.05) is 42.5 Å². The lowest BCUT2D eigenvalue weighted by Gasteiger charge is -2.23. The van der Waals surface area contributed by atoms with Gasteiger partial charge < -0.3 is 19.2 Å². The molecule has 4 rings (SSSR count). The second-order valence-corrected chi connectivity index (χ2v) is 10.1. The number of hydrogen-bond acceptors (Lipinski definition) is 7. The van der Waals surface area contributed by atoms with Crippen molar-refractivity contribution in [1.82, 2.24) is 9.29 Å². The highest BCUT2D eigenvalue weighted by Gasteiger charge is 2.30. The first kappa shape index (κ1) is 25.9. The van der Waals surface area contributed by atoms with E-state index in [0.717, 1.165) is 0 Å². The summed E-state index contributed by atoms with van der Waals surface area (Å²) in [7, 11) is -0.0580. The van der Waals surface area contributed by atoms with Crippen LogP contribution >= 0.6 is 0 Å². The molecule has 0 aliphatic rings. The summed E-state index contributed by atoms with van der Waals surface area (Å²) >= 11 is 0. The number of carbonyl (C=O) groups excluding carboxylic acids is 1. The number of rotatable bonds is 9. The van der Waals surface area contributed by atoms with E-state index in [1.807, 2.05) is 6.07 Å². The summed E-state index contributed by atoms with van der Waals surface area (Å²) in [5.74, 6) is 0.142. The Labute approximate surface area is 214 Å². The van der Waals surface area contributed by atoms with Crippen LogP contribution in [-0.2, 0) is 27.8 Å². The number of hydrogen-bond donors (Lipinski definition) is 1. The number of benzene rings is 3. The molecule has 0 amide bonds. The fraction of sp³-hybridized carbons (Fsp3) is 0.185. The number of nitrogens with one attached hydrogen (secondary N) is 1. The van der Waals surface area contributed by atoms with Gasteiger partial charge in [0.2, 0.25) is 10.0 Å². The van der Waals surface area contributed by atoms with Crippen molar-refractivity contribution in [3.63, 3.8) is 0 Å². The lowest BCUT2D eigenvalue weighted by molar-refractivity contribution is 0.0596. The zero-order valence-electron chi connectivity index (χ0n) is 20.6. The summed E-state index contributed by atoms with van der Waals surface area (Å²) in [5, 5.41) is 0.638. The average molecular weight is 523 g/mol. The molecule has 3 aromatic carbocycles. The van der Waals surface area contributed by atoms with E-state index in [2.05, 4.69) is 4.98 Å². The first-order valence-corrected chi connectivity index (χ1v) is 12.7. The van der Waals surface area contributed by atoms with Crippen molar-refractivity contribution in [3.8, 4) is 11.5 Å². The van der Waals surface area contributed by atoms with Gasteiger partial charge in [0.15, 0.2) is 11.5 Å². The molecule has 0 radical (unpaired) electrons. The summed E-state index contributed by atoms with van der Waals surface area (Å²) in [4.78, 5) is 28.0. The van der Waals surface area contributed by atoms with E-state index in [1.165, 1.54) is 43.8 Å². The molecule has 0 saturated heterocycles. The van der Waals surface area contributed by atoms with Crippen LogP contribution in [0.5, 0.6) is 11.5 Å². The molecule has 0 bridgehead atoms. The molecule has 0 spiro atoms. The third kappa shape index (κ3) is 5.35. The van der Waals surface area contributed by atoms with Crippen LogP contribution < -0.4 is 15.0 Å². The molecule has 0 aliphatic carbocycles. The van der Waals surface area contributed by atoms with E-state index >= 15 is 0 Å². The molecule has 0 saturated carbocycles. The highest BCUT2D eigenvalue weighted by atomic mass is 32.2. The van der Waals surface area contributed by atoms with Crippen LogP contribution in [0.4, 0.5) is 0 Å². The fourth-order valence-electron chi connectivity index (χ4n) is 4.01. The van der Waals surface area contributed by atoms with Crippen LogP contribution in [0, 0.1) is 0 Å². The number of methoxy groups -OCH3 is 3. The van der Waals surface area contributed by atoms with Gasteiger partial charge in [-0.2, -0.15) is 4.31 Å². The van der Waals surface area contributed by atoms with Crippen LogP contribution in [0.2, 0.25) is 0 Å². The molecule has 0 aliphatic heterocycles. The number of fused-ring (bicyclic) bond motifs is 1. The van der Waals surface area contributed by atoms with Crippen molar-refractivity contribution in [2.45, 2.75) is 18.0 Å². The highest BCUT2D eigenvalue weighted by Crippen LogP contribution is 2.31. The highest BCUT2D eigenvalue weighted by molar-refractivity contribution is 7.89. The molecule has 37 heavy (non-hydrogen) atoms. The molecule has 1 N–H and O–H groups in total. The topological polar surface area (TPSA) is 115 Å². The van der Waals surface area contributed by atoms with Crippen molar-refractivity contribution in [3.05, 3.63) is 99.8 Å². The van der Waals surface area contributed by atoms with Gasteiger partial charge in [0.25, 0.3) is 5.56 Å². The lowest BCUT2D eigenvalue weighted by Crippen LogP contribution is -2.33. The predicted octanol–water partition coefficient (Wildman–Crippen LogP) is 3.72. The first-order chi connectivity index (χ1) is 17.8. The number of carbonyl (C=O) groups is 1. The molecule has 192 valence electrons. The van der Waals surface area contributed by atoms with E-state index in [4.69, 9.17) is 14.2 Å². The number of pyridine rings is 1. The summed E-state index contributed by atoms with van der Waals surface area (Å²) in [6.45, 7) is -0.269. The average Bonchev–Trinajstić information content (AvgIpc) is 2.92. The number of aromatic nitrogens is 1. The van der Waals surface area contributed by atoms with E-state index in [-0.39, 0.29) is 29.1 Å². The molecule has 4 aromatic rings. The van der Waals surface area contributed by atoms with Gasteiger partial charge in [-0.05, 0) is 29.8 Å². The van der Waals surface area contributed by atoms with Gasteiger partial charge in [0.05, 0.1) is 37.3 Å². The van der Waals surface area contributed by atoms with E-state index in [1.54, 1.807) is 48.5 Å². The molecule has 0 unspecified atom stereocenters. The maximum atomic E-state index is 13.9. The van der Waals surface area contributed by atoms with Gasteiger partial charge in [-0.15, -0.1) is 0 Å². The Bertz CT molecular complexity index is 1600. The van der Waals surface area contributed by atoms with Crippen molar-refractivity contribution in [2.24, 2.45) is 0 Å². The monoisotopic (exact) mass is 522 g/mol. The molecule has 1 aromatic heterocycles. The Hall–Kier alpha value is -4.15. The second kappa shape index (κ2) is 10.9. The Kier molecular flexibility index (Phi) is 7.61. The summed E-state index contributed by atoms with van der Waals surface area (Å²) < 4.78 is 44.5. The van der Waals surface area contributed by atoms with E-state index < -0.39 is 21.6 Å². The first-order valence-electron chi connectivity index (χ1n) is 11.3. The van der Waals surface area contributed by atoms with Gasteiger partial charge in [-0.25, -0.2) is 13.2 Å². The predicted molar refractivity (Wildman–Crippen MR) is 138 cm³/mol. The summed E-state index contributed by atoms with van der Waals surface area (Å²) in [5.41, 5.74) is 0.904. The number of ether oxygens (including phenoxy) is 3. The number of esters is 1. The Balaban J connectivity index is 1.83. The zero-order chi connectivity index (χ0) is 26.6. The third-order valence-electron chi connectivity index (χ3n) is 5.88. The minimum atomic E-state index is -4.24. The minimum Gasteiger partial charge on any atom is -0.493 e. The number of aromatic amines is 1. The van der Waals surface area contributed by atoms with Gasteiger partial charge >= 0.3 is 5.97 Å². The fourth-order valence-corrected chi connectivity index (χ4v) is 5.59. The van der Waals surface area contributed by atoms with Gasteiger partial charge in [0.1, 0.15) is 0 Å². The molecule has 9 nitrogen and oxygen atoms in total. The van der Waals surface area contributed by atoms with Gasteiger partial charge in [-0.3, -0.25) is 4.79 Å². The van der Waals surface area contributed by atoms with Crippen LogP contribution in [0.15, 0.2) is 82.5 Å². The number of sulfonamides is 1. The van der Waals surface area contributed by atoms with Crippen LogP contribution in [0.1, 0.15) is 21.5 Å². The van der Waals surface area contributed by atoms with Crippen LogP contribution in [0.3, 0.4) is 0 Å².